The highest BCUT2D eigenvalue weighted by Crippen LogP contribution is 2.43. The Morgan fingerprint density at radius 3 is 2.72 bits per heavy atom. The standard InChI is InChI=1S/C20H20O5/c1-3-24-20(22)19-15(14-7-4-5-8-18(14)23-2)11-13(12-16(19)21)17-9-6-10-25-17/h4-10,12,15,19H,3,11H2,1-2H3/t15-,19-/m1/s1. The minimum Gasteiger partial charge on any atom is -0.496 e. The molecule has 0 unspecified atom stereocenters. The Kier molecular flexibility index (Phi) is 5.03. The summed E-state index contributed by atoms with van der Waals surface area (Å²) in [7, 11) is 1.58. The summed E-state index contributed by atoms with van der Waals surface area (Å²) in [6.45, 7) is 1.96. The fourth-order valence-electron chi connectivity index (χ4n) is 3.28. The third-order valence-corrected chi connectivity index (χ3v) is 4.38. The Morgan fingerprint density at radius 1 is 1.24 bits per heavy atom. The predicted molar refractivity (Wildman–Crippen MR) is 92.2 cm³/mol. The third kappa shape index (κ3) is 3.36. The number of carbonyl (C=O) groups excluding carboxylic acids is 2. The average molecular weight is 340 g/mol. The van der Waals surface area contributed by atoms with Crippen molar-refractivity contribution >= 4 is 17.3 Å². The molecule has 1 aromatic carbocycles. The third-order valence-electron chi connectivity index (χ3n) is 4.38. The Bertz CT molecular complexity index is 788. The van der Waals surface area contributed by atoms with Crippen LogP contribution in [-0.2, 0) is 14.3 Å². The number of furan rings is 1. The number of ketones is 1. The van der Waals surface area contributed by atoms with Crippen LogP contribution in [0.25, 0.3) is 5.57 Å². The molecule has 1 heterocycles. The molecule has 2 atom stereocenters. The molecule has 1 aliphatic carbocycles. The fraction of sp³-hybridized carbons (Fsp3) is 0.300. The summed E-state index contributed by atoms with van der Waals surface area (Å²) in [6.07, 6.45) is 3.55. The van der Waals surface area contributed by atoms with E-state index in [2.05, 4.69) is 0 Å². The second-order valence-corrected chi connectivity index (χ2v) is 5.83. The zero-order chi connectivity index (χ0) is 17.8. The van der Waals surface area contributed by atoms with Crippen LogP contribution in [0.5, 0.6) is 5.75 Å². The molecule has 0 fully saturated rings. The number of esters is 1. The van der Waals surface area contributed by atoms with Crippen molar-refractivity contribution in [1.82, 2.24) is 0 Å². The van der Waals surface area contributed by atoms with Crippen LogP contribution in [0.15, 0.2) is 53.2 Å². The van der Waals surface area contributed by atoms with E-state index in [1.165, 1.54) is 6.08 Å². The van der Waals surface area contributed by atoms with E-state index in [4.69, 9.17) is 13.9 Å². The van der Waals surface area contributed by atoms with Crippen LogP contribution in [-0.4, -0.2) is 25.5 Å². The Hall–Kier alpha value is -2.82. The van der Waals surface area contributed by atoms with E-state index >= 15 is 0 Å². The minimum atomic E-state index is -0.880. The lowest BCUT2D eigenvalue weighted by Crippen LogP contribution is -2.34. The summed E-state index contributed by atoms with van der Waals surface area (Å²) in [6, 6.07) is 11.0. The number of carbonyl (C=O) groups is 2. The van der Waals surface area contributed by atoms with Gasteiger partial charge < -0.3 is 13.9 Å². The Labute approximate surface area is 146 Å². The normalized spacial score (nSPS) is 20.1. The van der Waals surface area contributed by atoms with E-state index in [1.54, 1.807) is 26.4 Å². The van der Waals surface area contributed by atoms with Crippen molar-refractivity contribution in [3.8, 4) is 5.75 Å². The quantitative estimate of drug-likeness (QED) is 0.614. The molecule has 1 aliphatic rings. The summed E-state index contributed by atoms with van der Waals surface area (Å²) in [5.74, 6) is -0.737. The smallest absolute Gasteiger partial charge is 0.317 e. The highest BCUT2D eigenvalue weighted by Gasteiger charge is 2.41. The van der Waals surface area contributed by atoms with Gasteiger partial charge in [0.1, 0.15) is 17.4 Å². The van der Waals surface area contributed by atoms with Crippen molar-refractivity contribution < 1.29 is 23.5 Å². The minimum absolute atomic E-state index is 0.232. The SMILES string of the molecule is CCOC(=O)[C@H]1C(=O)C=C(c2ccco2)C[C@@H]1c1ccccc1OC. The maximum Gasteiger partial charge on any atom is 0.317 e. The summed E-state index contributed by atoms with van der Waals surface area (Å²) in [5.41, 5.74) is 1.58. The number of rotatable bonds is 5. The summed E-state index contributed by atoms with van der Waals surface area (Å²) >= 11 is 0. The van der Waals surface area contributed by atoms with Crippen LogP contribution >= 0.6 is 0 Å². The summed E-state index contributed by atoms with van der Waals surface area (Å²) < 4.78 is 16.0. The molecule has 0 aliphatic heterocycles. The van der Waals surface area contributed by atoms with Gasteiger partial charge in [-0.3, -0.25) is 9.59 Å². The van der Waals surface area contributed by atoms with Crippen LogP contribution in [0.1, 0.15) is 30.6 Å². The molecule has 25 heavy (non-hydrogen) atoms. The van der Waals surface area contributed by atoms with Gasteiger partial charge in [0, 0.05) is 5.92 Å². The maximum atomic E-state index is 12.7. The Morgan fingerprint density at radius 2 is 2.04 bits per heavy atom. The van der Waals surface area contributed by atoms with Crippen LogP contribution in [0.4, 0.5) is 0 Å². The monoisotopic (exact) mass is 340 g/mol. The van der Waals surface area contributed by atoms with Gasteiger partial charge in [0.2, 0.25) is 0 Å². The predicted octanol–water partition coefficient (Wildman–Crippen LogP) is 3.61. The van der Waals surface area contributed by atoms with E-state index in [1.807, 2.05) is 30.3 Å². The molecular formula is C20H20O5. The molecule has 0 saturated heterocycles. The van der Waals surface area contributed by atoms with Gasteiger partial charge in [0.05, 0.1) is 20.0 Å². The summed E-state index contributed by atoms with van der Waals surface area (Å²) in [4.78, 5) is 25.2. The van der Waals surface area contributed by atoms with Gasteiger partial charge in [-0.15, -0.1) is 0 Å². The van der Waals surface area contributed by atoms with Crippen molar-refractivity contribution in [1.29, 1.82) is 0 Å². The topological polar surface area (TPSA) is 65.7 Å². The van der Waals surface area contributed by atoms with Crippen LogP contribution < -0.4 is 4.74 Å². The van der Waals surface area contributed by atoms with Crippen molar-refractivity contribution in [3.05, 3.63) is 60.1 Å². The largest absolute Gasteiger partial charge is 0.496 e. The van der Waals surface area contributed by atoms with Gasteiger partial charge in [0.25, 0.3) is 0 Å². The molecule has 130 valence electrons. The molecule has 0 spiro atoms. The number of benzene rings is 1. The molecular weight excluding hydrogens is 320 g/mol. The van der Waals surface area contributed by atoms with Crippen LogP contribution in [0, 0.1) is 5.92 Å². The molecule has 0 amide bonds. The highest BCUT2D eigenvalue weighted by molar-refractivity contribution is 6.10. The molecule has 0 radical (unpaired) electrons. The lowest BCUT2D eigenvalue weighted by Gasteiger charge is -2.29. The van der Waals surface area contributed by atoms with E-state index in [0.717, 1.165) is 11.1 Å². The number of para-hydroxylation sites is 1. The second-order valence-electron chi connectivity index (χ2n) is 5.83. The van der Waals surface area contributed by atoms with Crippen molar-refractivity contribution in [2.24, 2.45) is 5.92 Å². The molecule has 5 heteroatoms. The molecule has 2 aromatic rings. The van der Waals surface area contributed by atoms with Crippen LogP contribution in [0.2, 0.25) is 0 Å². The summed E-state index contributed by atoms with van der Waals surface area (Å²) in [5, 5.41) is 0. The number of hydrogen-bond acceptors (Lipinski definition) is 5. The van der Waals surface area contributed by atoms with E-state index in [-0.39, 0.29) is 18.3 Å². The van der Waals surface area contributed by atoms with Gasteiger partial charge >= 0.3 is 5.97 Å². The van der Waals surface area contributed by atoms with E-state index < -0.39 is 11.9 Å². The number of allylic oxidation sites excluding steroid dienone is 2. The number of methoxy groups -OCH3 is 1. The first-order chi connectivity index (χ1) is 12.2. The van der Waals surface area contributed by atoms with Gasteiger partial charge in [-0.1, -0.05) is 18.2 Å². The van der Waals surface area contributed by atoms with Crippen molar-refractivity contribution in [3.63, 3.8) is 0 Å². The first-order valence-electron chi connectivity index (χ1n) is 8.23. The van der Waals surface area contributed by atoms with Crippen molar-refractivity contribution in [2.75, 3.05) is 13.7 Å². The molecule has 0 saturated carbocycles. The zero-order valence-electron chi connectivity index (χ0n) is 14.2. The molecule has 3 rings (SSSR count). The maximum absolute atomic E-state index is 12.7. The van der Waals surface area contributed by atoms with Gasteiger partial charge in [0.15, 0.2) is 5.78 Å². The number of hydrogen-bond donors (Lipinski definition) is 0. The number of ether oxygens (including phenoxy) is 2. The molecule has 0 N–H and O–H groups in total. The van der Waals surface area contributed by atoms with E-state index in [0.29, 0.717) is 17.9 Å². The fourth-order valence-corrected chi connectivity index (χ4v) is 3.28. The first kappa shape index (κ1) is 17.0. The molecule has 5 nitrogen and oxygen atoms in total. The zero-order valence-corrected chi connectivity index (χ0v) is 14.2. The highest BCUT2D eigenvalue weighted by atomic mass is 16.5. The molecule has 0 bridgehead atoms. The van der Waals surface area contributed by atoms with Gasteiger partial charge in [-0.05, 0) is 48.8 Å². The van der Waals surface area contributed by atoms with Gasteiger partial charge in [-0.25, -0.2) is 0 Å². The Balaban J connectivity index is 2.05. The van der Waals surface area contributed by atoms with Crippen LogP contribution in [0.3, 0.4) is 0 Å². The lowest BCUT2D eigenvalue weighted by atomic mass is 9.74. The average Bonchev–Trinajstić information content (AvgIpc) is 3.15. The van der Waals surface area contributed by atoms with Crippen molar-refractivity contribution in [2.45, 2.75) is 19.3 Å². The second kappa shape index (κ2) is 7.38. The lowest BCUT2D eigenvalue weighted by molar-refractivity contribution is -0.151. The van der Waals surface area contributed by atoms with Gasteiger partial charge in [-0.2, -0.15) is 0 Å². The van der Waals surface area contributed by atoms with E-state index in [9.17, 15) is 9.59 Å². The first-order valence-corrected chi connectivity index (χ1v) is 8.23. The molecule has 1 aromatic heterocycles.